The van der Waals surface area contributed by atoms with Crippen molar-refractivity contribution in [2.45, 2.75) is 33.5 Å². The number of aryl methyl sites for hydroxylation is 3. The molecule has 1 N–H and O–H groups in total. The van der Waals surface area contributed by atoms with Crippen molar-refractivity contribution in [3.63, 3.8) is 0 Å². The van der Waals surface area contributed by atoms with Crippen LogP contribution >= 0.6 is 22.9 Å². The number of anilines is 1. The Morgan fingerprint density at radius 3 is 2.61 bits per heavy atom. The third kappa shape index (κ3) is 3.77. The lowest BCUT2D eigenvalue weighted by atomic mass is 10.2. The molecule has 2 heterocycles. The largest absolute Gasteiger partial charge is 0.416 e. The Morgan fingerprint density at radius 1 is 1.29 bits per heavy atom. The monoisotopic (exact) mass is 429 g/mol. The summed E-state index contributed by atoms with van der Waals surface area (Å²) in [6.45, 7) is 4.88. The van der Waals surface area contributed by atoms with Crippen molar-refractivity contribution in [2.24, 2.45) is 0 Å². The molecule has 0 unspecified atom stereocenters. The zero-order valence-corrected chi connectivity index (χ0v) is 16.6. The van der Waals surface area contributed by atoms with Gasteiger partial charge in [0.15, 0.2) is 0 Å². The lowest BCUT2D eigenvalue weighted by Crippen LogP contribution is -2.30. The Bertz CT molecular complexity index is 1150. The molecule has 0 fully saturated rings. The van der Waals surface area contributed by atoms with Crippen LogP contribution in [-0.4, -0.2) is 15.5 Å². The van der Waals surface area contributed by atoms with Crippen LogP contribution in [0.5, 0.6) is 0 Å². The van der Waals surface area contributed by atoms with Crippen LogP contribution in [0.1, 0.15) is 21.8 Å². The van der Waals surface area contributed by atoms with Gasteiger partial charge in [-0.05, 0) is 44.5 Å². The minimum atomic E-state index is -4.57. The molecule has 0 aliphatic heterocycles. The summed E-state index contributed by atoms with van der Waals surface area (Å²) in [5.41, 5.74) is -0.681. The van der Waals surface area contributed by atoms with Crippen molar-refractivity contribution in [3.8, 4) is 0 Å². The number of aromatic nitrogens is 2. The molecule has 1 amide bonds. The molecule has 1 aromatic carbocycles. The smallest absolute Gasteiger partial charge is 0.323 e. The van der Waals surface area contributed by atoms with Crippen LogP contribution < -0.4 is 10.9 Å². The summed E-state index contributed by atoms with van der Waals surface area (Å²) in [5.74, 6) is -0.346. The highest BCUT2D eigenvalue weighted by Crippen LogP contribution is 2.33. The number of alkyl halides is 3. The molecular formula is C18H15ClF3N3O2S. The third-order valence-corrected chi connectivity index (χ3v) is 5.78. The van der Waals surface area contributed by atoms with E-state index in [1.807, 2.05) is 6.92 Å². The van der Waals surface area contributed by atoms with E-state index < -0.39 is 24.2 Å². The van der Waals surface area contributed by atoms with Crippen molar-refractivity contribution >= 4 is 44.7 Å². The number of nitrogens with zero attached hydrogens (tertiary/aromatic N) is 2. The van der Waals surface area contributed by atoms with E-state index in [1.54, 1.807) is 13.8 Å². The molecule has 5 nitrogen and oxygen atoms in total. The van der Waals surface area contributed by atoms with E-state index in [0.29, 0.717) is 16.0 Å². The van der Waals surface area contributed by atoms with Gasteiger partial charge in [0, 0.05) is 4.88 Å². The standard InChI is InChI=1S/C18H15ClF3N3O2S/c1-8-9(2)28-16-15(8)17(27)25(10(3)23-16)7-14(26)24-13-6-11(18(20,21)22)4-5-12(13)19/h4-6H,7H2,1-3H3,(H,24,26). The van der Waals surface area contributed by atoms with Gasteiger partial charge in [0.05, 0.1) is 21.7 Å². The van der Waals surface area contributed by atoms with Crippen LogP contribution in [-0.2, 0) is 17.5 Å². The first kappa shape index (κ1) is 20.3. The van der Waals surface area contributed by atoms with Gasteiger partial charge in [0.25, 0.3) is 5.56 Å². The summed E-state index contributed by atoms with van der Waals surface area (Å²) in [4.78, 5) is 31.1. The molecule has 28 heavy (non-hydrogen) atoms. The minimum absolute atomic E-state index is 0.0386. The van der Waals surface area contributed by atoms with Crippen LogP contribution in [0.4, 0.5) is 18.9 Å². The van der Waals surface area contributed by atoms with Crippen molar-refractivity contribution < 1.29 is 18.0 Å². The molecule has 0 aliphatic carbocycles. The zero-order valence-electron chi connectivity index (χ0n) is 15.1. The lowest BCUT2D eigenvalue weighted by Gasteiger charge is -2.13. The minimum Gasteiger partial charge on any atom is -0.323 e. The van der Waals surface area contributed by atoms with Crippen LogP contribution in [0.15, 0.2) is 23.0 Å². The maximum Gasteiger partial charge on any atom is 0.416 e. The number of hydrogen-bond donors (Lipinski definition) is 1. The Hall–Kier alpha value is -2.39. The summed E-state index contributed by atoms with van der Waals surface area (Å²) in [5, 5.41) is 2.74. The molecule has 3 aromatic rings. The number of amides is 1. The number of hydrogen-bond acceptors (Lipinski definition) is 4. The van der Waals surface area contributed by atoms with Gasteiger partial charge >= 0.3 is 6.18 Å². The number of thiophene rings is 1. The van der Waals surface area contributed by atoms with E-state index in [4.69, 9.17) is 11.6 Å². The first-order chi connectivity index (χ1) is 13.0. The molecule has 10 heteroatoms. The highest BCUT2D eigenvalue weighted by atomic mass is 35.5. The molecule has 0 saturated heterocycles. The number of halogens is 4. The molecule has 0 aliphatic rings. The van der Waals surface area contributed by atoms with E-state index in [1.165, 1.54) is 15.9 Å². The topological polar surface area (TPSA) is 64.0 Å². The van der Waals surface area contributed by atoms with Gasteiger partial charge < -0.3 is 5.32 Å². The fourth-order valence-electron chi connectivity index (χ4n) is 2.75. The second-order valence-corrected chi connectivity index (χ2v) is 7.86. The van der Waals surface area contributed by atoms with Gasteiger partial charge in [-0.1, -0.05) is 11.6 Å². The first-order valence-electron chi connectivity index (χ1n) is 8.12. The number of nitrogens with one attached hydrogen (secondary N) is 1. The second kappa shape index (κ2) is 7.21. The summed E-state index contributed by atoms with van der Waals surface area (Å²) >= 11 is 7.29. The SMILES string of the molecule is Cc1sc2nc(C)n(CC(=O)Nc3cc(C(F)(F)F)ccc3Cl)c(=O)c2c1C. The fraction of sp³-hybridized carbons (Fsp3) is 0.278. The molecule has 0 spiro atoms. The second-order valence-electron chi connectivity index (χ2n) is 6.25. The Morgan fingerprint density at radius 2 is 1.96 bits per heavy atom. The summed E-state index contributed by atoms with van der Waals surface area (Å²) < 4.78 is 39.8. The number of benzene rings is 1. The van der Waals surface area contributed by atoms with Crippen LogP contribution in [0.2, 0.25) is 5.02 Å². The number of carbonyl (C=O) groups is 1. The molecule has 0 bridgehead atoms. The molecule has 0 radical (unpaired) electrons. The van der Waals surface area contributed by atoms with Gasteiger partial charge in [0.2, 0.25) is 5.91 Å². The Labute approximate surface area is 166 Å². The summed E-state index contributed by atoms with van der Waals surface area (Å²) in [6.07, 6.45) is -4.57. The maximum absolute atomic E-state index is 12.9. The molecule has 148 valence electrons. The average molecular weight is 430 g/mol. The maximum atomic E-state index is 12.9. The van der Waals surface area contributed by atoms with Crippen molar-refractivity contribution in [1.29, 1.82) is 0 Å². The van der Waals surface area contributed by atoms with E-state index >= 15 is 0 Å². The first-order valence-corrected chi connectivity index (χ1v) is 9.32. The molecule has 3 rings (SSSR count). The predicted octanol–water partition coefficient (Wildman–Crippen LogP) is 4.69. The van der Waals surface area contributed by atoms with Crippen LogP contribution in [0, 0.1) is 20.8 Å². The molecule has 2 aromatic heterocycles. The normalized spacial score (nSPS) is 11.8. The van der Waals surface area contributed by atoms with Gasteiger partial charge in [0.1, 0.15) is 17.2 Å². The summed E-state index contributed by atoms with van der Waals surface area (Å²) in [6, 6.07) is 2.64. The number of rotatable bonds is 3. The fourth-order valence-corrected chi connectivity index (χ4v) is 3.98. The van der Waals surface area contributed by atoms with Crippen molar-refractivity contribution in [1.82, 2.24) is 9.55 Å². The molecule has 0 atom stereocenters. The highest BCUT2D eigenvalue weighted by Gasteiger charge is 2.31. The van der Waals surface area contributed by atoms with Crippen molar-refractivity contribution in [2.75, 3.05) is 5.32 Å². The van der Waals surface area contributed by atoms with Gasteiger partial charge in [-0.15, -0.1) is 11.3 Å². The van der Waals surface area contributed by atoms with E-state index in [2.05, 4.69) is 10.3 Å². The predicted molar refractivity (Wildman–Crippen MR) is 103 cm³/mol. The summed E-state index contributed by atoms with van der Waals surface area (Å²) in [7, 11) is 0. The van der Waals surface area contributed by atoms with E-state index in [-0.39, 0.29) is 16.3 Å². The van der Waals surface area contributed by atoms with Crippen molar-refractivity contribution in [3.05, 3.63) is 55.4 Å². The van der Waals surface area contributed by atoms with E-state index in [0.717, 1.165) is 28.6 Å². The number of fused-ring (bicyclic) bond motifs is 1. The Balaban J connectivity index is 1.92. The van der Waals surface area contributed by atoms with Crippen LogP contribution in [0.3, 0.4) is 0 Å². The van der Waals surface area contributed by atoms with Gasteiger partial charge in [-0.25, -0.2) is 4.98 Å². The average Bonchev–Trinajstić information content (AvgIpc) is 2.86. The lowest BCUT2D eigenvalue weighted by molar-refractivity contribution is -0.137. The third-order valence-electron chi connectivity index (χ3n) is 4.35. The Kier molecular flexibility index (Phi) is 5.24. The number of carbonyl (C=O) groups excluding carboxylic acids is 1. The highest BCUT2D eigenvalue weighted by molar-refractivity contribution is 7.18. The zero-order chi connectivity index (χ0) is 20.8. The van der Waals surface area contributed by atoms with Crippen LogP contribution in [0.25, 0.3) is 10.2 Å². The molecule has 0 saturated carbocycles. The van der Waals surface area contributed by atoms with Gasteiger partial charge in [-0.3, -0.25) is 14.2 Å². The molecular weight excluding hydrogens is 415 g/mol. The van der Waals surface area contributed by atoms with E-state index in [9.17, 15) is 22.8 Å². The van der Waals surface area contributed by atoms with Gasteiger partial charge in [-0.2, -0.15) is 13.2 Å². The quantitative estimate of drug-likeness (QED) is 0.656.